The Hall–Kier alpha value is -0.130. The van der Waals surface area contributed by atoms with Crippen LogP contribution in [0.15, 0.2) is 0 Å². The molecule has 1 saturated carbocycles. The molecule has 0 bridgehead atoms. The quantitative estimate of drug-likeness (QED) is 0.629. The molecule has 1 fully saturated rings. The van der Waals surface area contributed by atoms with Crippen molar-refractivity contribution in [2.24, 2.45) is 5.73 Å². The van der Waals surface area contributed by atoms with Gasteiger partial charge in [0.25, 0.3) is 0 Å². The number of hydrogen-bond donors (Lipinski definition) is 3. The predicted molar refractivity (Wildman–Crippen MR) is 74.7 cm³/mol. The number of halogens is 1. The molecule has 0 heterocycles. The first kappa shape index (κ1) is 16.9. The Bertz CT molecular complexity index is 209. The van der Waals surface area contributed by atoms with Crippen LogP contribution in [0.1, 0.15) is 51.4 Å². The van der Waals surface area contributed by atoms with Crippen molar-refractivity contribution < 1.29 is 9.90 Å². The highest BCUT2D eigenvalue weighted by atomic mass is 79.9. The minimum absolute atomic E-state index is 0. The Morgan fingerprint density at radius 1 is 1.29 bits per heavy atom. The highest BCUT2D eigenvalue weighted by molar-refractivity contribution is 8.93. The molecule has 0 saturated heterocycles. The zero-order valence-corrected chi connectivity index (χ0v) is 12.1. The first-order valence-corrected chi connectivity index (χ1v) is 6.42. The lowest BCUT2D eigenvalue weighted by Gasteiger charge is -2.22. The molecule has 17 heavy (non-hydrogen) atoms. The van der Waals surface area contributed by atoms with Gasteiger partial charge in [-0.2, -0.15) is 0 Å². The molecule has 5 heteroatoms. The third-order valence-electron chi connectivity index (χ3n) is 3.30. The van der Waals surface area contributed by atoms with E-state index >= 15 is 0 Å². The number of aliphatic carboxylic acids is 1. The Kier molecular flexibility index (Phi) is 9.78. The Morgan fingerprint density at radius 3 is 2.53 bits per heavy atom. The van der Waals surface area contributed by atoms with E-state index in [4.69, 9.17) is 10.8 Å². The van der Waals surface area contributed by atoms with Crippen LogP contribution in [0.4, 0.5) is 0 Å². The van der Waals surface area contributed by atoms with Crippen LogP contribution in [0.25, 0.3) is 0 Å². The SMILES string of the molecule is Br.NC(CCCCNC1CCCCC1)C(=O)O. The van der Waals surface area contributed by atoms with E-state index in [1.54, 1.807) is 0 Å². The van der Waals surface area contributed by atoms with Crippen molar-refractivity contribution in [2.75, 3.05) is 6.54 Å². The maximum atomic E-state index is 10.5. The molecule has 1 atom stereocenters. The van der Waals surface area contributed by atoms with Gasteiger partial charge in [-0.3, -0.25) is 4.79 Å². The number of rotatable bonds is 7. The minimum Gasteiger partial charge on any atom is -0.480 e. The Balaban J connectivity index is 0.00000256. The summed E-state index contributed by atoms with van der Waals surface area (Å²) in [7, 11) is 0. The third kappa shape index (κ3) is 7.73. The molecule has 1 aliphatic rings. The van der Waals surface area contributed by atoms with Gasteiger partial charge in [0.15, 0.2) is 0 Å². The topological polar surface area (TPSA) is 75.3 Å². The molecule has 4 N–H and O–H groups in total. The third-order valence-corrected chi connectivity index (χ3v) is 3.30. The zero-order chi connectivity index (χ0) is 11.8. The molecule has 0 aliphatic heterocycles. The first-order valence-electron chi connectivity index (χ1n) is 6.42. The van der Waals surface area contributed by atoms with Crippen LogP contribution in [0.5, 0.6) is 0 Å². The van der Waals surface area contributed by atoms with E-state index in [-0.39, 0.29) is 17.0 Å². The second-order valence-electron chi connectivity index (χ2n) is 4.73. The summed E-state index contributed by atoms with van der Waals surface area (Å²) in [6.45, 7) is 0.997. The summed E-state index contributed by atoms with van der Waals surface area (Å²) in [5.41, 5.74) is 5.42. The van der Waals surface area contributed by atoms with E-state index in [9.17, 15) is 4.79 Å². The Morgan fingerprint density at radius 2 is 1.94 bits per heavy atom. The van der Waals surface area contributed by atoms with Crippen molar-refractivity contribution in [3.63, 3.8) is 0 Å². The van der Waals surface area contributed by atoms with Crippen LogP contribution in [0.2, 0.25) is 0 Å². The van der Waals surface area contributed by atoms with Gasteiger partial charge in [-0.1, -0.05) is 25.7 Å². The largest absolute Gasteiger partial charge is 0.480 e. The maximum Gasteiger partial charge on any atom is 0.320 e. The van der Waals surface area contributed by atoms with Crippen LogP contribution in [-0.2, 0) is 4.79 Å². The molecule has 1 rings (SSSR count). The standard InChI is InChI=1S/C12H24N2O2.BrH/c13-11(12(15)16)8-4-5-9-14-10-6-2-1-3-7-10;/h10-11,14H,1-9,13H2,(H,15,16);1H. The first-order chi connectivity index (χ1) is 7.70. The molecule has 0 aromatic carbocycles. The molecule has 0 aromatic heterocycles. The van der Waals surface area contributed by atoms with E-state index < -0.39 is 12.0 Å². The fraction of sp³-hybridized carbons (Fsp3) is 0.917. The van der Waals surface area contributed by atoms with E-state index in [1.807, 2.05) is 0 Å². The molecular weight excluding hydrogens is 284 g/mol. The highest BCUT2D eigenvalue weighted by Gasteiger charge is 2.12. The molecule has 0 aromatic rings. The predicted octanol–water partition coefficient (Wildman–Crippen LogP) is 2.07. The van der Waals surface area contributed by atoms with Gasteiger partial charge in [0.05, 0.1) is 0 Å². The zero-order valence-electron chi connectivity index (χ0n) is 10.4. The van der Waals surface area contributed by atoms with Gasteiger partial charge in [0.1, 0.15) is 6.04 Å². The number of carbonyl (C=O) groups is 1. The van der Waals surface area contributed by atoms with E-state index in [0.29, 0.717) is 12.5 Å². The van der Waals surface area contributed by atoms with Crippen molar-refractivity contribution in [3.05, 3.63) is 0 Å². The van der Waals surface area contributed by atoms with Crippen LogP contribution in [0, 0.1) is 0 Å². The van der Waals surface area contributed by atoms with Crippen molar-refractivity contribution in [3.8, 4) is 0 Å². The second-order valence-corrected chi connectivity index (χ2v) is 4.73. The summed E-state index contributed by atoms with van der Waals surface area (Å²) in [6.07, 6.45) is 9.18. The van der Waals surface area contributed by atoms with Gasteiger partial charge in [0, 0.05) is 6.04 Å². The van der Waals surface area contributed by atoms with Crippen LogP contribution in [-0.4, -0.2) is 29.7 Å². The maximum absolute atomic E-state index is 10.5. The van der Waals surface area contributed by atoms with Gasteiger partial charge in [-0.05, 0) is 32.2 Å². The molecule has 1 aliphatic carbocycles. The molecule has 102 valence electrons. The number of hydrogen-bond acceptors (Lipinski definition) is 3. The summed E-state index contributed by atoms with van der Waals surface area (Å²) in [5.74, 6) is -0.889. The lowest BCUT2D eigenvalue weighted by molar-refractivity contribution is -0.138. The molecular formula is C12H25BrN2O2. The molecule has 1 unspecified atom stereocenters. The smallest absolute Gasteiger partial charge is 0.320 e. The van der Waals surface area contributed by atoms with Gasteiger partial charge >= 0.3 is 5.97 Å². The van der Waals surface area contributed by atoms with Gasteiger partial charge < -0.3 is 16.2 Å². The van der Waals surface area contributed by atoms with Crippen molar-refractivity contribution in [1.82, 2.24) is 5.32 Å². The summed E-state index contributed by atoms with van der Waals surface area (Å²) in [5, 5.41) is 12.1. The fourth-order valence-corrected chi connectivity index (χ4v) is 2.23. The number of carboxylic acid groups (broad SMARTS) is 1. The molecule has 4 nitrogen and oxygen atoms in total. The highest BCUT2D eigenvalue weighted by Crippen LogP contribution is 2.17. The van der Waals surface area contributed by atoms with E-state index in [0.717, 1.165) is 19.4 Å². The van der Waals surface area contributed by atoms with Gasteiger partial charge in [-0.25, -0.2) is 0 Å². The number of nitrogens with two attached hydrogens (primary N) is 1. The van der Waals surface area contributed by atoms with Crippen molar-refractivity contribution >= 4 is 23.0 Å². The lowest BCUT2D eigenvalue weighted by atomic mass is 9.95. The Labute approximate surface area is 114 Å². The summed E-state index contributed by atoms with van der Waals surface area (Å²) in [6, 6.07) is 0.0107. The van der Waals surface area contributed by atoms with E-state index in [2.05, 4.69) is 5.32 Å². The molecule has 0 amide bonds. The molecule has 0 spiro atoms. The average molecular weight is 309 g/mol. The second kappa shape index (κ2) is 9.85. The number of unbranched alkanes of at least 4 members (excludes halogenated alkanes) is 1. The van der Waals surface area contributed by atoms with Gasteiger partial charge in [0.2, 0.25) is 0 Å². The fourth-order valence-electron chi connectivity index (χ4n) is 2.23. The van der Waals surface area contributed by atoms with Crippen LogP contribution >= 0.6 is 17.0 Å². The number of nitrogens with one attached hydrogen (secondary N) is 1. The lowest BCUT2D eigenvalue weighted by Crippen LogP contribution is -2.32. The van der Waals surface area contributed by atoms with Crippen LogP contribution < -0.4 is 11.1 Å². The van der Waals surface area contributed by atoms with Gasteiger partial charge in [-0.15, -0.1) is 17.0 Å². The van der Waals surface area contributed by atoms with E-state index in [1.165, 1.54) is 32.1 Å². The summed E-state index contributed by atoms with van der Waals surface area (Å²) in [4.78, 5) is 10.5. The average Bonchev–Trinajstić information content (AvgIpc) is 2.29. The summed E-state index contributed by atoms with van der Waals surface area (Å²) >= 11 is 0. The van der Waals surface area contributed by atoms with Crippen molar-refractivity contribution in [2.45, 2.75) is 63.5 Å². The minimum atomic E-state index is -0.889. The molecule has 0 radical (unpaired) electrons. The van der Waals surface area contributed by atoms with Crippen molar-refractivity contribution in [1.29, 1.82) is 0 Å². The normalized spacial score (nSPS) is 18.4. The van der Waals surface area contributed by atoms with Crippen LogP contribution in [0.3, 0.4) is 0 Å². The number of carboxylic acids is 1. The summed E-state index contributed by atoms with van der Waals surface area (Å²) < 4.78 is 0. The monoisotopic (exact) mass is 308 g/mol.